The zero-order valence-corrected chi connectivity index (χ0v) is 12.2. The zero-order valence-electron chi connectivity index (χ0n) is 10.7. The van der Waals surface area contributed by atoms with Crippen LogP contribution in [0, 0.1) is 5.82 Å². The first-order valence-corrected chi connectivity index (χ1v) is 6.68. The van der Waals surface area contributed by atoms with Crippen LogP contribution in [-0.4, -0.2) is 17.9 Å². The molecular formula is C15H12Cl2FNO. The molecule has 0 N–H and O–H groups in total. The molecular weight excluding hydrogens is 300 g/mol. The number of hydrogen-bond donors (Lipinski definition) is 0. The number of carbonyl (C=O) groups excluding carboxylic acids is 1. The summed E-state index contributed by atoms with van der Waals surface area (Å²) in [6.45, 7) is 0.363. The van der Waals surface area contributed by atoms with Gasteiger partial charge in [-0.25, -0.2) is 4.39 Å². The van der Waals surface area contributed by atoms with Gasteiger partial charge >= 0.3 is 0 Å². The van der Waals surface area contributed by atoms with Gasteiger partial charge in [0.1, 0.15) is 5.82 Å². The first-order valence-electron chi connectivity index (χ1n) is 5.93. The van der Waals surface area contributed by atoms with Gasteiger partial charge in [-0.15, -0.1) is 0 Å². The Balaban J connectivity index is 2.16. The fourth-order valence-electron chi connectivity index (χ4n) is 1.81. The van der Waals surface area contributed by atoms with E-state index < -0.39 is 0 Å². The zero-order chi connectivity index (χ0) is 14.7. The highest BCUT2D eigenvalue weighted by Crippen LogP contribution is 2.26. The molecule has 20 heavy (non-hydrogen) atoms. The molecule has 0 aliphatic carbocycles. The summed E-state index contributed by atoms with van der Waals surface area (Å²) >= 11 is 11.9. The molecule has 2 aromatic carbocycles. The number of hydrogen-bond acceptors (Lipinski definition) is 1. The Hall–Kier alpha value is -1.58. The van der Waals surface area contributed by atoms with Crippen LogP contribution in [0.25, 0.3) is 0 Å². The highest BCUT2D eigenvalue weighted by Gasteiger charge is 2.16. The lowest BCUT2D eigenvalue weighted by Gasteiger charge is -2.18. The third-order valence-corrected chi connectivity index (χ3v) is 3.68. The number of nitrogens with zero attached hydrogens (tertiary/aromatic N) is 1. The summed E-state index contributed by atoms with van der Waals surface area (Å²) in [7, 11) is 1.66. The summed E-state index contributed by atoms with van der Waals surface area (Å²) in [6.07, 6.45) is 0. The fourth-order valence-corrected chi connectivity index (χ4v) is 2.19. The molecule has 0 heterocycles. The van der Waals surface area contributed by atoms with E-state index in [1.54, 1.807) is 37.4 Å². The van der Waals surface area contributed by atoms with Gasteiger partial charge in [0.15, 0.2) is 0 Å². The summed E-state index contributed by atoms with van der Waals surface area (Å²) in [5, 5.41) is 0.581. The second kappa shape index (κ2) is 6.25. The Morgan fingerprint density at radius 3 is 2.45 bits per heavy atom. The Labute approximate surface area is 126 Å². The lowest BCUT2D eigenvalue weighted by Crippen LogP contribution is -2.26. The smallest absolute Gasteiger partial charge is 0.255 e. The first-order chi connectivity index (χ1) is 9.49. The highest BCUT2D eigenvalue weighted by molar-refractivity contribution is 6.43. The third-order valence-electron chi connectivity index (χ3n) is 2.86. The van der Waals surface area contributed by atoms with E-state index in [1.807, 2.05) is 0 Å². The SMILES string of the molecule is CN(Cc1ccc(F)cc1)C(=O)c1cccc(Cl)c1Cl. The van der Waals surface area contributed by atoms with Crippen molar-refractivity contribution < 1.29 is 9.18 Å². The lowest BCUT2D eigenvalue weighted by atomic mass is 10.1. The second-order valence-corrected chi connectivity index (χ2v) is 5.17. The van der Waals surface area contributed by atoms with Crippen molar-refractivity contribution in [1.29, 1.82) is 0 Å². The predicted molar refractivity (Wildman–Crippen MR) is 78.7 cm³/mol. The van der Waals surface area contributed by atoms with E-state index >= 15 is 0 Å². The van der Waals surface area contributed by atoms with Crippen molar-refractivity contribution in [3.05, 3.63) is 69.5 Å². The second-order valence-electron chi connectivity index (χ2n) is 4.39. The van der Waals surface area contributed by atoms with Crippen LogP contribution in [0.2, 0.25) is 10.0 Å². The van der Waals surface area contributed by atoms with Crippen LogP contribution in [0.1, 0.15) is 15.9 Å². The van der Waals surface area contributed by atoms with Crippen LogP contribution in [0.3, 0.4) is 0 Å². The summed E-state index contributed by atoms with van der Waals surface area (Å²) < 4.78 is 12.8. The molecule has 0 aliphatic heterocycles. The molecule has 2 rings (SSSR count). The molecule has 0 aromatic heterocycles. The standard InChI is InChI=1S/C15H12Cl2FNO/c1-19(9-10-5-7-11(18)8-6-10)15(20)12-3-2-4-13(16)14(12)17/h2-8H,9H2,1H3. The van der Waals surface area contributed by atoms with E-state index in [9.17, 15) is 9.18 Å². The van der Waals surface area contributed by atoms with Gasteiger partial charge in [-0.2, -0.15) is 0 Å². The van der Waals surface area contributed by atoms with Gasteiger partial charge in [0.25, 0.3) is 5.91 Å². The van der Waals surface area contributed by atoms with Gasteiger partial charge in [0.2, 0.25) is 0 Å². The molecule has 0 fully saturated rings. The van der Waals surface area contributed by atoms with Crippen molar-refractivity contribution in [2.24, 2.45) is 0 Å². The summed E-state index contributed by atoms with van der Waals surface area (Å²) in [5.74, 6) is -0.539. The maximum Gasteiger partial charge on any atom is 0.255 e. The lowest BCUT2D eigenvalue weighted by molar-refractivity contribution is 0.0785. The van der Waals surface area contributed by atoms with E-state index in [1.165, 1.54) is 17.0 Å². The molecule has 2 aromatic rings. The highest BCUT2D eigenvalue weighted by atomic mass is 35.5. The average molecular weight is 312 g/mol. The van der Waals surface area contributed by atoms with Crippen molar-refractivity contribution in [2.45, 2.75) is 6.54 Å². The summed E-state index contributed by atoms with van der Waals surface area (Å²) in [6, 6.07) is 10.9. The monoisotopic (exact) mass is 311 g/mol. The van der Waals surface area contributed by atoms with Crippen molar-refractivity contribution >= 4 is 29.1 Å². The van der Waals surface area contributed by atoms with Crippen LogP contribution in [0.15, 0.2) is 42.5 Å². The van der Waals surface area contributed by atoms with E-state index in [-0.39, 0.29) is 16.7 Å². The maximum atomic E-state index is 12.8. The van der Waals surface area contributed by atoms with E-state index in [0.717, 1.165) is 5.56 Å². The van der Waals surface area contributed by atoms with Crippen molar-refractivity contribution in [2.75, 3.05) is 7.05 Å². The largest absolute Gasteiger partial charge is 0.337 e. The number of carbonyl (C=O) groups is 1. The van der Waals surface area contributed by atoms with Gasteiger partial charge in [0, 0.05) is 13.6 Å². The van der Waals surface area contributed by atoms with Crippen molar-refractivity contribution in [3.63, 3.8) is 0 Å². The molecule has 104 valence electrons. The molecule has 0 saturated carbocycles. The molecule has 0 atom stereocenters. The molecule has 5 heteroatoms. The van der Waals surface area contributed by atoms with Crippen LogP contribution >= 0.6 is 23.2 Å². The Morgan fingerprint density at radius 2 is 1.80 bits per heavy atom. The van der Waals surface area contributed by atoms with Crippen LogP contribution < -0.4 is 0 Å². The van der Waals surface area contributed by atoms with Gasteiger partial charge in [-0.05, 0) is 29.8 Å². The fraction of sp³-hybridized carbons (Fsp3) is 0.133. The minimum Gasteiger partial charge on any atom is -0.337 e. The minimum atomic E-state index is -0.305. The molecule has 0 spiro atoms. The van der Waals surface area contributed by atoms with Crippen LogP contribution in [0.5, 0.6) is 0 Å². The molecule has 2 nitrogen and oxygen atoms in total. The van der Waals surface area contributed by atoms with Gasteiger partial charge in [0.05, 0.1) is 15.6 Å². The Morgan fingerprint density at radius 1 is 1.15 bits per heavy atom. The summed E-state index contributed by atoms with van der Waals surface area (Å²) in [5.41, 5.74) is 1.18. The van der Waals surface area contributed by atoms with E-state index in [0.29, 0.717) is 17.1 Å². The normalized spacial score (nSPS) is 10.4. The number of benzene rings is 2. The van der Waals surface area contributed by atoms with Crippen molar-refractivity contribution in [1.82, 2.24) is 4.90 Å². The quantitative estimate of drug-likeness (QED) is 0.822. The molecule has 0 saturated heterocycles. The van der Waals surface area contributed by atoms with Crippen molar-refractivity contribution in [3.8, 4) is 0 Å². The first kappa shape index (κ1) is 14.8. The predicted octanol–water partition coefficient (Wildman–Crippen LogP) is 4.40. The Kier molecular flexibility index (Phi) is 4.63. The minimum absolute atomic E-state index is 0.234. The molecule has 0 bridgehead atoms. The Bertz CT molecular complexity index is 628. The maximum absolute atomic E-state index is 12.8. The third kappa shape index (κ3) is 3.30. The van der Waals surface area contributed by atoms with Gasteiger partial charge in [-0.1, -0.05) is 41.4 Å². The molecule has 0 aliphatic rings. The van der Waals surface area contributed by atoms with Crippen LogP contribution in [-0.2, 0) is 6.54 Å². The van der Waals surface area contributed by atoms with Crippen LogP contribution in [0.4, 0.5) is 4.39 Å². The summed E-state index contributed by atoms with van der Waals surface area (Å²) in [4.78, 5) is 13.8. The number of rotatable bonds is 3. The average Bonchev–Trinajstić information content (AvgIpc) is 2.43. The van der Waals surface area contributed by atoms with Gasteiger partial charge < -0.3 is 4.90 Å². The number of amides is 1. The molecule has 1 amide bonds. The molecule has 0 unspecified atom stereocenters. The van der Waals surface area contributed by atoms with E-state index in [4.69, 9.17) is 23.2 Å². The van der Waals surface area contributed by atoms with Gasteiger partial charge in [-0.3, -0.25) is 4.79 Å². The molecule has 0 radical (unpaired) electrons. The van der Waals surface area contributed by atoms with E-state index in [2.05, 4.69) is 0 Å². The topological polar surface area (TPSA) is 20.3 Å². The number of halogens is 3.